The first-order chi connectivity index (χ1) is 42.7. The smallest absolute Gasteiger partial charge is 0.326 e. The molecule has 0 unspecified atom stereocenters. The number of aliphatic carboxylic acids is 1. The molecule has 2 aromatic carbocycles. The molecular formula is C62H89N15O12. The maximum atomic E-state index is 14.6. The van der Waals surface area contributed by atoms with Crippen LogP contribution in [-0.2, 0) is 60.8 Å². The number of aliphatic hydroxyl groups excluding tert-OH is 1. The zero-order chi connectivity index (χ0) is 63.8. The van der Waals surface area contributed by atoms with Gasteiger partial charge in [-0.15, -0.1) is 0 Å². The normalized spacial score (nSPS) is 24.0. The number of hydrogen-bond acceptors (Lipinski definition) is 13. The lowest BCUT2D eigenvalue weighted by atomic mass is 9.49. The lowest BCUT2D eigenvalue weighted by Crippen LogP contribution is -2.60. The third-order valence-electron chi connectivity index (χ3n) is 18.4. The molecule has 7 fully saturated rings. The molecule has 4 bridgehead atoms. The molecule has 9 rings (SSSR count). The van der Waals surface area contributed by atoms with E-state index >= 15 is 0 Å². The first-order valence-corrected chi connectivity index (χ1v) is 31.4. The van der Waals surface area contributed by atoms with Gasteiger partial charge in [0.2, 0.25) is 53.2 Å². The molecule has 9 amide bonds. The summed E-state index contributed by atoms with van der Waals surface area (Å²) in [6.07, 6.45) is 9.99. The summed E-state index contributed by atoms with van der Waals surface area (Å²) in [5.41, 5.74) is 23.1. The van der Waals surface area contributed by atoms with E-state index in [0.29, 0.717) is 67.4 Å². The highest BCUT2D eigenvalue weighted by molar-refractivity contribution is 5.98. The fourth-order valence-electron chi connectivity index (χ4n) is 14.7. The van der Waals surface area contributed by atoms with Gasteiger partial charge < -0.3 is 79.7 Å². The van der Waals surface area contributed by atoms with Crippen LogP contribution >= 0.6 is 0 Å². The van der Waals surface area contributed by atoms with Crippen LogP contribution in [-0.4, -0.2) is 190 Å². The Morgan fingerprint density at radius 1 is 0.539 bits per heavy atom. The minimum Gasteiger partial charge on any atom is -0.480 e. The van der Waals surface area contributed by atoms with E-state index in [-0.39, 0.29) is 107 Å². The Labute approximate surface area is 518 Å². The van der Waals surface area contributed by atoms with E-state index in [2.05, 4.69) is 41.9 Å². The van der Waals surface area contributed by atoms with Gasteiger partial charge in [0.15, 0.2) is 11.9 Å². The topological polar surface area (TPSA) is 422 Å². The number of amides is 9. The first-order valence-electron chi connectivity index (χ1n) is 31.4. The summed E-state index contributed by atoms with van der Waals surface area (Å²) in [4.78, 5) is 151. The van der Waals surface area contributed by atoms with Gasteiger partial charge in [-0.25, -0.2) is 4.79 Å². The van der Waals surface area contributed by atoms with E-state index < -0.39 is 109 Å². The quantitative estimate of drug-likeness (QED) is 0.0248. The van der Waals surface area contributed by atoms with Crippen molar-refractivity contribution in [3.05, 3.63) is 71.8 Å². The number of nitrogens with one attached hydrogen (secondary N) is 6. The van der Waals surface area contributed by atoms with Gasteiger partial charge in [-0.3, -0.25) is 53.1 Å². The maximum Gasteiger partial charge on any atom is 0.326 e. The number of nitrogens with zero attached hydrogens (tertiary/aromatic N) is 5. The molecule has 484 valence electrons. The molecular weight excluding hydrogens is 1150 g/mol. The third-order valence-corrected chi connectivity index (χ3v) is 18.4. The molecule has 2 aromatic rings. The maximum absolute atomic E-state index is 14.6. The highest BCUT2D eigenvalue weighted by atomic mass is 16.4. The fraction of sp³-hybridized carbons (Fsp3) is 0.613. The molecule has 3 saturated heterocycles. The minimum atomic E-state index is -1.60. The highest BCUT2D eigenvalue weighted by Crippen LogP contribution is 2.61. The monoisotopic (exact) mass is 1240 g/mol. The number of hydrogen-bond donors (Lipinski definition) is 12. The van der Waals surface area contributed by atoms with Gasteiger partial charge in [0.25, 0.3) is 0 Å². The Hall–Kier alpha value is -8.36. The van der Waals surface area contributed by atoms with Crippen LogP contribution in [0.3, 0.4) is 0 Å². The number of nitrogens with two attached hydrogens (primary N) is 4. The largest absolute Gasteiger partial charge is 0.480 e. The van der Waals surface area contributed by atoms with Gasteiger partial charge in [-0.2, -0.15) is 0 Å². The zero-order valence-electron chi connectivity index (χ0n) is 50.5. The van der Waals surface area contributed by atoms with Crippen LogP contribution in [0.4, 0.5) is 0 Å². The Kier molecular flexibility index (Phi) is 23.3. The number of benzene rings is 2. The van der Waals surface area contributed by atoms with Gasteiger partial charge >= 0.3 is 5.97 Å². The summed E-state index contributed by atoms with van der Waals surface area (Å²) in [6.45, 7) is -0.603. The van der Waals surface area contributed by atoms with Crippen LogP contribution < -0.4 is 54.8 Å². The molecule has 7 aliphatic rings. The Morgan fingerprint density at radius 3 is 1.51 bits per heavy atom. The van der Waals surface area contributed by atoms with E-state index in [0.717, 1.165) is 19.3 Å². The molecule has 3 heterocycles. The van der Waals surface area contributed by atoms with Crippen molar-refractivity contribution in [2.24, 2.45) is 56.1 Å². The van der Waals surface area contributed by atoms with Crippen LogP contribution in [0.2, 0.25) is 0 Å². The molecule has 4 saturated carbocycles. The van der Waals surface area contributed by atoms with Gasteiger partial charge in [0, 0.05) is 52.0 Å². The van der Waals surface area contributed by atoms with Crippen LogP contribution in [0, 0.1) is 23.2 Å². The SMILES string of the molecule is NC(N)=NCCC[C@H](NC(=O)[C@H](Cc1ccccc1)NC(=O)[C@@H]1CCCN1C(=O)[C@H](CO)NC(=O)[C@H](Cc1ccccc1)NC(=O)CNC(=O)[C@@H]1CCCN1C(=O)[C@@H]1CCCN1C(=O)[C@H](CCCN=C(N)N)NC(=O)CC12CC3CC(CC(C3)C1)C2)C(=O)O. The molecule has 27 nitrogen and oxygen atoms in total. The lowest BCUT2D eigenvalue weighted by molar-refractivity contribution is -0.148. The first kappa shape index (κ1) is 66.6. The number of carbonyl (C=O) groups is 10. The Bertz CT molecular complexity index is 2890. The lowest BCUT2D eigenvalue weighted by Gasteiger charge is -2.56. The summed E-state index contributed by atoms with van der Waals surface area (Å²) in [6, 6.07) is 7.82. The van der Waals surface area contributed by atoms with Crippen molar-refractivity contribution in [3.63, 3.8) is 0 Å². The summed E-state index contributed by atoms with van der Waals surface area (Å²) in [7, 11) is 0. The zero-order valence-corrected chi connectivity index (χ0v) is 50.5. The second-order valence-corrected chi connectivity index (χ2v) is 25.1. The van der Waals surface area contributed by atoms with E-state index in [1.54, 1.807) is 60.7 Å². The van der Waals surface area contributed by atoms with Crippen LogP contribution in [0.15, 0.2) is 70.6 Å². The van der Waals surface area contributed by atoms with Crippen LogP contribution in [0.25, 0.3) is 0 Å². The number of carboxylic acids is 1. The van der Waals surface area contributed by atoms with E-state index in [9.17, 15) is 58.2 Å². The van der Waals surface area contributed by atoms with Crippen molar-refractivity contribution in [2.45, 2.75) is 170 Å². The number of aliphatic hydroxyl groups is 1. The van der Waals surface area contributed by atoms with Crippen molar-refractivity contribution in [1.82, 2.24) is 46.6 Å². The van der Waals surface area contributed by atoms with Crippen molar-refractivity contribution >= 4 is 71.1 Å². The average Bonchev–Trinajstić information content (AvgIpc) is 2.33. The number of carboxylic acid groups (broad SMARTS) is 1. The van der Waals surface area contributed by atoms with Crippen LogP contribution in [0.1, 0.15) is 120 Å². The number of likely N-dealkylation sites (tertiary alicyclic amines) is 3. The number of aliphatic imine (C=N–C) groups is 2. The van der Waals surface area contributed by atoms with E-state index in [1.165, 1.54) is 34.0 Å². The highest BCUT2D eigenvalue weighted by Gasteiger charge is 2.52. The van der Waals surface area contributed by atoms with Crippen LogP contribution in [0.5, 0.6) is 0 Å². The summed E-state index contributed by atoms with van der Waals surface area (Å²) < 4.78 is 0. The average molecular weight is 1240 g/mol. The summed E-state index contributed by atoms with van der Waals surface area (Å²) in [5.74, 6) is -5.24. The molecule has 4 aliphatic carbocycles. The van der Waals surface area contributed by atoms with Gasteiger partial charge in [-0.05, 0) is 137 Å². The molecule has 89 heavy (non-hydrogen) atoms. The minimum absolute atomic E-state index is 0.0248. The standard InChI is InChI=1S/C62H89N15O12/c63-60(64)67-21-7-16-42(70-50(79)34-62-31-39-26-40(32-62)28-41(27-39)33-62)56(85)77-25-11-20-49(77)58(87)76-24-9-18-47(76)54(83)69-35-51(80)71-44(29-37-12-3-1-4-13-37)52(81)74-46(36-78)57(86)75-23-10-19-48(75)55(84)73-45(30-38-14-5-2-6-15-38)53(82)72-43(59(88)89)17-8-22-68-61(65)66/h1-6,12-15,39-49,78H,7-11,16-36H2,(H,69,83)(H,70,79)(H,71,80)(H,72,82)(H,73,84)(H,74,81)(H,88,89)(H4,63,64,67)(H4,65,66,68)/t39?,40?,41?,42-,43-,44-,45-,46-,47-,48-,49-,62?/m0/s1. The summed E-state index contributed by atoms with van der Waals surface area (Å²) in [5, 5.41) is 36.7. The van der Waals surface area contributed by atoms with Crippen molar-refractivity contribution in [1.29, 1.82) is 0 Å². The second-order valence-electron chi connectivity index (χ2n) is 25.1. The molecule has 0 radical (unpaired) electrons. The number of guanidine groups is 2. The van der Waals surface area contributed by atoms with Gasteiger partial charge in [0.05, 0.1) is 13.2 Å². The second kappa shape index (κ2) is 31.2. The van der Waals surface area contributed by atoms with Gasteiger partial charge in [-0.1, -0.05) is 60.7 Å². The third kappa shape index (κ3) is 18.1. The predicted octanol–water partition coefficient (Wildman–Crippen LogP) is -1.22. The molecule has 8 atom stereocenters. The number of rotatable bonds is 30. The number of carbonyl (C=O) groups excluding carboxylic acids is 9. The molecule has 0 aromatic heterocycles. The molecule has 0 spiro atoms. The van der Waals surface area contributed by atoms with Gasteiger partial charge in [0.1, 0.15) is 48.3 Å². The van der Waals surface area contributed by atoms with Crippen molar-refractivity contribution < 1.29 is 58.2 Å². The molecule has 3 aliphatic heterocycles. The summed E-state index contributed by atoms with van der Waals surface area (Å²) >= 11 is 0. The van der Waals surface area contributed by atoms with Crippen molar-refractivity contribution in [3.8, 4) is 0 Å². The Morgan fingerprint density at radius 2 is 0.989 bits per heavy atom. The van der Waals surface area contributed by atoms with Crippen molar-refractivity contribution in [2.75, 3.05) is 45.9 Å². The van der Waals surface area contributed by atoms with E-state index in [1.807, 2.05) is 0 Å². The van der Waals surface area contributed by atoms with E-state index in [4.69, 9.17) is 22.9 Å². The molecule has 16 N–H and O–H groups in total. The fourth-order valence-corrected chi connectivity index (χ4v) is 14.7. The Balaban J connectivity index is 0.871. The molecule has 27 heteroatoms. The predicted molar refractivity (Wildman–Crippen MR) is 327 cm³/mol.